The topological polar surface area (TPSA) is 111 Å². The molecule has 0 atom stereocenters. The molecule has 192 valence electrons. The molecule has 8 nitrogen and oxygen atoms in total. The first-order chi connectivity index (χ1) is 18.0. The van der Waals surface area contributed by atoms with Gasteiger partial charge in [0.15, 0.2) is 0 Å². The van der Waals surface area contributed by atoms with E-state index >= 15 is 0 Å². The van der Waals surface area contributed by atoms with Gasteiger partial charge in [-0.05, 0) is 60.7 Å². The summed E-state index contributed by atoms with van der Waals surface area (Å²) in [6, 6.07) is 14.9. The first-order valence-corrected chi connectivity index (χ1v) is 13.6. The third-order valence-corrected chi connectivity index (χ3v) is 7.12. The summed E-state index contributed by atoms with van der Waals surface area (Å²) in [7, 11) is 0. The molecule has 0 spiro atoms. The quantitative estimate of drug-likeness (QED) is 0.260. The summed E-state index contributed by atoms with van der Waals surface area (Å²) in [5.74, 6) is 0.599. The Labute approximate surface area is 223 Å². The number of amides is 4. The maximum atomic E-state index is 11.8. The van der Waals surface area contributed by atoms with Crippen LogP contribution >= 0.6 is 23.5 Å². The molecule has 2 fully saturated rings. The Morgan fingerprint density at radius 3 is 1.41 bits per heavy atom. The average Bonchev–Trinajstić information content (AvgIpc) is 3.37. The van der Waals surface area contributed by atoms with Gasteiger partial charge >= 0.3 is 0 Å². The van der Waals surface area contributed by atoms with Crippen molar-refractivity contribution in [3.05, 3.63) is 69.5 Å². The van der Waals surface area contributed by atoms with Crippen molar-refractivity contribution in [2.75, 3.05) is 13.2 Å². The molecule has 4 rings (SSSR count). The van der Waals surface area contributed by atoms with Crippen LogP contribution in [0.2, 0.25) is 0 Å². The van der Waals surface area contributed by atoms with Crippen molar-refractivity contribution in [3.63, 3.8) is 0 Å². The molecule has 2 aliphatic heterocycles. The van der Waals surface area contributed by atoms with E-state index in [-0.39, 0.29) is 22.3 Å². The van der Waals surface area contributed by atoms with Crippen LogP contribution in [0, 0.1) is 0 Å². The Morgan fingerprint density at radius 2 is 1.00 bits per heavy atom. The maximum absolute atomic E-state index is 11.8. The minimum atomic E-state index is -0.383. The highest BCUT2D eigenvalue weighted by Crippen LogP contribution is 2.30. The molecule has 10 heteroatoms. The zero-order chi connectivity index (χ0) is 26.0. The smallest absolute Gasteiger partial charge is 0.290 e. The monoisotopic (exact) mass is 538 g/mol. The van der Waals surface area contributed by atoms with Gasteiger partial charge in [-0.1, -0.05) is 55.7 Å². The molecular weight excluding hydrogens is 512 g/mol. The standard InChI is InChI=1S/C27H26N2O6S2/c30-24-22(36-26(32)28-24)16-18-10-4-6-12-20(18)34-14-8-2-1-3-9-15-35-21-13-7-5-11-19(21)17-23-25(31)29-27(33)37-23/h4-7,10-13,16-17H,1-3,8-9,14-15H2,(H,28,30,32)(H,29,31,33). The fourth-order valence-corrected chi connectivity index (χ4v) is 5.03. The van der Waals surface area contributed by atoms with E-state index in [9.17, 15) is 19.2 Å². The second-order valence-electron chi connectivity index (χ2n) is 8.24. The van der Waals surface area contributed by atoms with E-state index in [0.717, 1.165) is 66.8 Å². The van der Waals surface area contributed by atoms with Crippen molar-refractivity contribution >= 4 is 58.0 Å². The van der Waals surface area contributed by atoms with Crippen molar-refractivity contribution in [2.45, 2.75) is 32.1 Å². The molecule has 2 aliphatic rings. The molecule has 2 aromatic rings. The molecule has 0 aliphatic carbocycles. The number of nitrogens with one attached hydrogen (secondary N) is 2. The summed E-state index contributed by atoms with van der Waals surface area (Å²) in [4.78, 5) is 47.1. The van der Waals surface area contributed by atoms with Crippen LogP contribution in [0.1, 0.15) is 43.2 Å². The van der Waals surface area contributed by atoms with E-state index in [1.54, 1.807) is 12.2 Å². The van der Waals surface area contributed by atoms with Crippen LogP contribution in [0.4, 0.5) is 9.59 Å². The molecule has 0 radical (unpaired) electrons. The molecule has 37 heavy (non-hydrogen) atoms. The number of hydrogen-bond acceptors (Lipinski definition) is 8. The number of thioether (sulfide) groups is 2. The van der Waals surface area contributed by atoms with E-state index in [0.29, 0.717) is 34.5 Å². The van der Waals surface area contributed by atoms with E-state index in [2.05, 4.69) is 10.6 Å². The molecule has 0 bridgehead atoms. The van der Waals surface area contributed by atoms with Gasteiger partial charge in [-0.2, -0.15) is 0 Å². The first-order valence-electron chi connectivity index (χ1n) is 11.9. The molecule has 0 aromatic heterocycles. The van der Waals surface area contributed by atoms with E-state index < -0.39 is 0 Å². The lowest BCUT2D eigenvalue weighted by Gasteiger charge is -2.10. The van der Waals surface area contributed by atoms with Crippen molar-refractivity contribution in [3.8, 4) is 11.5 Å². The summed E-state index contributed by atoms with van der Waals surface area (Å²) in [6.45, 7) is 1.12. The fourth-order valence-electron chi connectivity index (χ4n) is 3.69. The molecule has 2 aromatic carbocycles. The Balaban J connectivity index is 1.14. The van der Waals surface area contributed by atoms with Gasteiger partial charge in [0, 0.05) is 11.1 Å². The highest BCUT2D eigenvalue weighted by Gasteiger charge is 2.26. The van der Waals surface area contributed by atoms with Crippen molar-refractivity contribution in [2.24, 2.45) is 0 Å². The number of ether oxygens (including phenoxy) is 2. The van der Waals surface area contributed by atoms with Crippen LogP contribution in [-0.4, -0.2) is 35.5 Å². The van der Waals surface area contributed by atoms with Gasteiger partial charge < -0.3 is 9.47 Å². The van der Waals surface area contributed by atoms with Crippen LogP contribution in [-0.2, 0) is 9.59 Å². The lowest BCUT2D eigenvalue weighted by molar-refractivity contribution is -0.116. The van der Waals surface area contributed by atoms with Crippen LogP contribution in [0.3, 0.4) is 0 Å². The number of benzene rings is 2. The zero-order valence-electron chi connectivity index (χ0n) is 20.0. The number of carbonyl (C=O) groups is 4. The summed E-state index contributed by atoms with van der Waals surface area (Å²) in [5.41, 5.74) is 1.53. The molecule has 4 amide bonds. The zero-order valence-corrected chi connectivity index (χ0v) is 21.6. The second kappa shape index (κ2) is 13.2. The van der Waals surface area contributed by atoms with Gasteiger partial charge in [-0.3, -0.25) is 29.8 Å². The van der Waals surface area contributed by atoms with Gasteiger partial charge in [0.25, 0.3) is 22.3 Å². The number of carbonyl (C=O) groups excluding carboxylic acids is 4. The molecule has 2 N–H and O–H groups in total. The molecule has 0 saturated carbocycles. The third-order valence-electron chi connectivity index (χ3n) is 5.50. The fraction of sp³-hybridized carbons (Fsp3) is 0.259. The normalized spacial score (nSPS) is 17.4. The number of unbranched alkanes of at least 4 members (excludes halogenated alkanes) is 4. The van der Waals surface area contributed by atoms with Crippen molar-refractivity contribution in [1.82, 2.24) is 10.6 Å². The highest BCUT2D eigenvalue weighted by molar-refractivity contribution is 8.18. The van der Waals surface area contributed by atoms with Crippen LogP contribution < -0.4 is 20.1 Å². The predicted octanol–water partition coefficient (Wildman–Crippen LogP) is 5.74. The molecule has 2 heterocycles. The molecule has 0 unspecified atom stereocenters. The number of imide groups is 2. The van der Waals surface area contributed by atoms with Gasteiger partial charge in [-0.15, -0.1) is 0 Å². The SMILES string of the molecule is O=C1NC(=O)C(=Cc2ccccc2OCCCCCCCOc2ccccc2C=C2SC(=O)NC2=O)S1. The number of rotatable bonds is 12. The maximum Gasteiger partial charge on any atom is 0.290 e. The lowest BCUT2D eigenvalue weighted by atomic mass is 10.1. The van der Waals surface area contributed by atoms with E-state index in [1.807, 2.05) is 48.5 Å². The summed E-state index contributed by atoms with van der Waals surface area (Å²) < 4.78 is 11.9. The largest absolute Gasteiger partial charge is 0.493 e. The van der Waals surface area contributed by atoms with E-state index in [1.165, 1.54) is 0 Å². The Kier molecular flexibility index (Phi) is 9.45. The number of para-hydroxylation sites is 2. The van der Waals surface area contributed by atoms with Gasteiger partial charge in [0.1, 0.15) is 11.5 Å². The van der Waals surface area contributed by atoms with Gasteiger partial charge in [0.2, 0.25) is 0 Å². The third kappa shape index (κ3) is 7.74. The lowest BCUT2D eigenvalue weighted by Crippen LogP contribution is -2.17. The van der Waals surface area contributed by atoms with Gasteiger partial charge in [-0.25, -0.2) is 0 Å². The Morgan fingerprint density at radius 1 is 0.595 bits per heavy atom. The number of hydrogen-bond donors (Lipinski definition) is 2. The average molecular weight is 539 g/mol. The molecule has 2 saturated heterocycles. The molecular formula is C27H26N2O6S2. The second-order valence-corrected chi connectivity index (χ2v) is 10.3. The van der Waals surface area contributed by atoms with Crippen molar-refractivity contribution in [1.29, 1.82) is 0 Å². The summed E-state index contributed by atoms with van der Waals surface area (Å²) >= 11 is 1.78. The van der Waals surface area contributed by atoms with E-state index in [4.69, 9.17) is 9.47 Å². The van der Waals surface area contributed by atoms with Crippen molar-refractivity contribution < 1.29 is 28.7 Å². The Hall–Kier alpha value is -3.50. The summed E-state index contributed by atoms with van der Waals surface area (Å²) in [6.07, 6.45) is 8.22. The van der Waals surface area contributed by atoms with Crippen LogP contribution in [0.25, 0.3) is 12.2 Å². The predicted molar refractivity (Wildman–Crippen MR) is 145 cm³/mol. The minimum absolute atomic E-state index is 0.362. The van der Waals surface area contributed by atoms with Gasteiger partial charge in [0.05, 0.1) is 23.0 Å². The first kappa shape index (κ1) is 26.6. The highest BCUT2D eigenvalue weighted by atomic mass is 32.2. The van der Waals surface area contributed by atoms with Crippen LogP contribution in [0.15, 0.2) is 58.3 Å². The minimum Gasteiger partial charge on any atom is -0.493 e. The summed E-state index contributed by atoms with van der Waals surface area (Å²) in [5, 5.41) is 3.78. The van der Waals surface area contributed by atoms with Crippen LogP contribution in [0.5, 0.6) is 11.5 Å². The Bertz CT molecular complexity index is 1160.